The molecule has 0 radical (unpaired) electrons. The van der Waals surface area contributed by atoms with Gasteiger partial charge in [-0.1, -0.05) is 12.1 Å². The van der Waals surface area contributed by atoms with E-state index >= 15 is 0 Å². The maximum atomic E-state index is 13.0. The first-order valence-electron chi connectivity index (χ1n) is 5.81. The lowest BCUT2D eigenvalue weighted by Gasteiger charge is -2.14. The molecular formula is C14H10F3IN2O. The van der Waals surface area contributed by atoms with Crippen molar-refractivity contribution in [2.45, 2.75) is 6.18 Å². The number of halogens is 4. The van der Waals surface area contributed by atoms with Crippen LogP contribution in [0.1, 0.15) is 15.9 Å². The predicted octanol–water partition coefficient (Wildman–Crippen LogP) is 4.14. The van der Waals surface area contributed by atoms with E-state index in [9.17, 15) is 18.0 Å². The molecule has 3 nitrogen and oxygen atoms in total. The molecule has 7 heteroatoms. The van der Waals surface area contributed by atoms with Crippen molar-refractivity contribution in [3.63, 3.8) is 0 Å². The molecule has 0 saturated carbocycles. The van der Waals surface area contributed by atoms with Crippen molar-refractivity contribution in [3.05, 3.63) is 57.2 Å². The molecule has 21 heavy (non-hydrogen) atoms. The van der Waals surface area contributed by atoms with Crippen LogP contribution >= 0.6 is 22.6 Å². The average molecular weight is 406 g/mol. The van der Waals surface area contributed by atoms with Crippen molar-refractivity contribution in [2.75, 3.05) is 11.1 Å². The minimum Gasteiger partial charge on any atom is -0.399 e. The molecule has 1 amide bonds. The summed E-state index contributed by atoms with van der Waals surface area (Å²) in [5.41, 5.74) is 4.38. The van der Waals surface area contributed by atoms with Gasteiger partial charge in [0.1, 0.15) is 0 Å². The summed E-state index contributed by atoms with van der Waals surface area (Å²) in [5.74, 6) is -0.602. The topological polar surface area (TPSA) is 55.1 Å². The quantitative estimate of drug-likeness (QED) is 0.582. The van der Waals surface area contributed by atoms with Crippen LogP contribution in [0.4, 0.5) is 24.5 Å². The first-order chi connectivity index (χ1) is 9.79. The van der Waals surface area contributed by atoms with Crippen LogP contribution in [0.2, 0.25) is 0 Å². The lowest BCUT2D eigenvalue weighted by Crippen LogP contribution is -2.17. The molecule has 0 unspecified atom stereocenters. The summed E-state index contributed by atoms with van der Waals surface area (Å²) in [6.45, 7) is 0. The fourth-order valence-corrected chi connectivity index (χ4v) is 2.37. The van der Waals surface area contributed by atoms with E-state index in [1.807, 2.05) is 22.6 Å². The third-order valence-corrected chi connectivity index (χ3v) is 3.66. The van der Waals surface area contributed by atoms with Crippen LogP contribution in [-0.2, 0) is 6.18 Å². The van der Waals surface area contributed by atoms with Crippen molar-refractivity contribution in [3.8, 4) is 0 Å². The number of alkyl halides is 3. The Labute approximate surface area is 132 Å². The van der Waals surface area contributed by atoms with Crippen LogP contribution in [-0.4, -0.2) is 5.91 Å². The van der Waals surface area contributed by atoms with E-state index in [4.69, 9.17) is 5.73 Å². The number of nitrogens with one attached hydrogen (secondary N) is 1. The van der Waals surface area contributed by atoms with Gasteiger partial charge in [0, 0.05) is 9.26 Å². The number of nitrogens with two attached hydrogens (primary N) is 1. The van der Waals surface area contributed by atoms with Crippen molar-refractivity contribution >= 4 is 39.9 Å². The Bertz CT molecular complexity index is 686. The summed E-state index contributed by atoms with van der Waals surface area (Å²) in [6, 6.07) is 9.87. The minimum atomic E-state index is -4.60. The lowest BCUT2D eigenvalue weighted by molar-refractivity contribution is -0.136. The fourth-order valence-electron chi connectivity index (χ4n) is 1.74. The van der Waals surface area contributed by atoms with Gasteiger partial charge in [-0.3, -0.25) is 4.79 Å². The molecule has 110 valence electrons. The van der Waals surface area contributed by atoms with Gasteiger partial charge in [-0.05, 0) is 52.9 Å². The van der Waals surface area contributed by atoms with Crippen molar-refractivity contribution in [2.24, 2.45) is 0 Å². The van der Waals surface area contributed by atoms with E-state index < -0.39 is 17.6 Å². The molecule has 0 aromatic heterocycles. The first kappa shape index (κ1) is 15.6. The maximum absolute atomic E-state index is 13.0. The third-order valence-electron chi connectivity index (χ3n) is 2.72. The van der Waals surface area contributed by atoms with Crippen molar-refractivity contribution < 1.29 is 18.0 Å². The smallest absolute Gasteiger partial charge is 0.399 e. The number of carbonyl (C=O) groups is 1. The van der Waals surface area contributed by atoms with Gasteiger partial charge in [-0.2, -0.15) is 13.2 Å². The molecule has 0 atom stereocenters. The van der Waals surface area contributed by atoms with Crippen LogP contribution in [0.25, 0.3) is 0 Å². The highest BCUT2D eigenvalue weighted by Gasteiger charge is 2.34. The van der Waals surface area contributed by atoms with E-state index in [0.29, 0.717) is 9.13 Å². The Morgan fingerprint density at radius 1 is 1.14 bits per heavy atom. The number of amides is 1. The van der Waals surface area contributed by atoms with E-state index in [2.05, 4.69) is 5.32 Å². The molecule has 0 fully saturated rings. The van der Waals surface area contributed by atoms with Crippen LogP contribution < -0.4 is 11.1 Å². The second-order valence-electron chi connectivity index (χ2n) is 4.24. The zero-order valence-electron chi connectivity index (χ0n) is 10.5. The highest BCUT2D eigenvalue weighted by atomic mass is 127. The van der Waals surface area contributed by atoms with Gasteiger partial charge >= 0.3 is 6.18 Å². The van der Waals surface area contributed by atoms with Gasteiger partial charge < -0.3 is 11.1 Å². The molecule has 0 saturated heterocycles. The second-order valence-corrected chi connectivity index (χ2v) is 5.40. The van der Waals surface area contributed by atoms with Gasteiger partial charge in [-0.25, -0.2) is 0 Å². The largest absolute Gasteiger partial charge is 0.418 e. The predicted molar refractivity (Wildman–Crippen MR) is 83.0 cm³/mol. The molecule has 2 aromatic carbocycles. The van der Waals surface area contributed by atoms with E-state index in [0.717, 1.165) is 12.1 Å². The molecule has 3 N–H and O–H groups in total. The Balaban J connectivity index is 2.36. The van der Waals surface area contributed by atoms with Gasteiger partial charge in [0.05, 0.1) is 16.8 Å². The van der Waals surface area contributed by atoms with Crippen LogP contribution in [0.15, 0.2) is 42.5 Å². The Morgan fingerprint density at radius 3 is 2.43 bits per heavy atom. The molecule has 0 aliphatic rings. The van der Waals surface area contributed by atoms with Gasteiger partial charge in [-0.15, -0.1) is 0 Å². The summed E-state index contributed by atoms with van der Waals surface area (Å²) >= 11 is 1.95. The van der Waals surface area contributed by atoms with Gasteiger partial charge in [0.25, 0.3) is 5.91 Å². The SMILES string of the molecule is Nc1ccc(NC(=O)c2ccccc2I)c(C(F)(F)F)c1. The monoisotopic (exact) mass is 406 g/mol. The summed E-state index contributed by atoms with van der Waals surface area (Å²) in [5, 5.41) is 2.28. The van der Waals surface area contributed by atoms with Gasteiger partial charge in [0.15, 0.2) is 0 Å². The highest BCUT2D eigenvalue weighted by Crippen LogP contribution is 2.36. The fraction of sp³-hybridized carbons (Fsp3) is 0.0714. The Morgan fingerprint density at radius 2 is 1.81 bits per heavy atom. The molecule has 2 rings (SSSR count). The second kappa shape index (κ2) is 5.92. The number of hydrogen-bond acceptors (Lipinski definition) is 2. The Kier molecular flexibility index (Phi) is 4.40. The standard InChI is InChI=1S/C14H10F3IN2O/c15-14(16,17)10-7-8(19)5-6-12(10)20-13(21)9-3-1-2-4-11(9)18/h1-7H,19H2,(H,20,21). The average Bonchev–Trinajstić information content (AvgIpc) is 2.40. The number of benzene rings is 2. The number of carbonyl (C=O) groups excluding carboxylic acids is 1. The van der Waals surface area contributed by atoms with Crippen LogP contribution in [0.5, 0.6) is 0 Å². The maximum Gasteiger partial charge on any atom is 0.418 e. The first-order valence-corrected chi connectivity index (χ1v) is 6.89. The molecule has 0 spiro atoms. The molecule has 0 aliphatic heterocycles. The van der Waals surface area contributed by atoms with E-state index in [1.54, 1.807) is 24.3 Å². The molecule has 0 bridgehead atoms. The number of nitrogen functional groups attached to an aromatic ring is 1. The Hall–Kier alpha value is -1.77. The van der Waals surface area contributed by atoms with E-state index in [-0.39, 0.29) is 11.4 Å². The number of hydrogen-bond donors (Lipinski definition) is 2. The summed E-state index contributed by atoms with van der Waals surface area (Å²) in [4.78, 5) is 12.1. The lowest BCUT2D eigenvalue weighted by atomic mass is 10.1. The van der Waals surface area contributed by atoms with Crippen LogP contribution in [0, 0.1) is 3.57 Å². The summed E-state index contributed by atoms with van der Waals surface area (Å²) in [6.07, 6.45) is -4.60. The molecule has 0 heterocycles. The zero-order chi connectivity index (χ0) is 15.6. The van der Waals surface area contributed by atoms with Crippen LogP contribution in [0.3, 0.4) is 0 Å². The minimum absolute atomic E-state index is 0.0189. The molecule has 0 aliphatic carbocycles. The van der Waals surface area contributed by atoms with Crippen molar-refractivity contribution in [1.82, 2.24) is 0 Å². The number of rotatable bonds is 2. The molecule has 2 aromatic rings. The molecular weight excluding hydrogens is 396 g/mol. The van der Waals surface area contributed by atoms with Gasteiger partial charge in [0.2, 0.25) is 0 Å². The third kappa shape index (κ3) is 3.66. The van der Waals surface area contributed by atoms with Crippen molar-refractivity contribution in [1.29, 1.82) is 0 Å². The van der Waals surface area contributed by atoms with E-state index in [1.165, 1.54) is 6.07 Å². The summed E-state index contributed by atoms with van der Waals surface area (Å²) in [7, 11) is 0. The highest BCUT2D eigenvalue weighted by molar-refractivity contribution is 14.1. The number of anilines is 2. The zero-order valence-corrected chi connectivity index (χ0v) is 12.7. The summed E-state index contributed by atoms with van der Waals surface area (Å²) < 4.78 is 39.5. The normalized spacial score (nSPS) is 11.2.